The summed E-state index contributed by atoms with van der Waals surface area (Å²) in [5.74, 6) is 0.190. The van der Waals surface area contributed by atoms with E-state index in [4.69, 9.17) is 22.1 Å². The Morgan fingerprint density at radius 2 is 2.13 bits per heavy atom. The van der Waals surface area contributed by atoms with Gasteiger partial charge in [0.15, 0.2) is 0 Å². The van der Waals surface area contributed by atoms with Gasteiger partial charge >= 0.3 is 0 Å². The zero-order valence-corrected chi connectivity index (χ0v) is 19.2. The van der Waals surface area contributed by atoms with Crippen LogP contribution in [0.25, 0.3) is 11.7 Å². The Balaban J connectivity index is 1.98. The number of carbonyl (C=O) groups excluding carboxylic acids is 1. The molecule has 0 bridgehead atoms. The highest BCUT2D eigenvalue weighted by atomic mass is 32.2. The lowest BCUT2D eigenvalue weighted by molar-refractivity contribution is -0.122. The molecule has 0 atom stereocenters. The third kappa shape index (κ3) is 5.51. The summed E-state index contributed by atoms with van der Waals surface area (Å²) >= 11 is 6.57. The number of thioether (sulfide) groups is 1. The van der Waals surface area contributed by atoms with E-state index in [1.165, 1.54) is 16.2 Å². The number of aryl methyl sites for hydroxylation is 1. The van der Waals surface area contributed by atoms with Crippen LogP contribution in [-0.4, -0.2) is 62.5 Å². The Labute approximate surface area is 190 Å². The Morgan fingerprint density at radius 1 is 1.32 bits per heavy atom. The van der Waals surface area contributed by atoms with E-state index in [-0.39, 0.29) is 24.7 Å². The molecule has 31 heavy (non-hydrogen) atoms. The number of pyridine rings is 1. The molecule has 1 aliphatic heterocycles. The molecule has 166 valence electrons. The van der Waals surface area contributed by atoms with Gasteiger partial charge in [0.05, 0.1) is 30.3 Å². The van der Waals surface area contributed by atoms with Crippen molar-refractivity contribution in [2.24, 2.45) is 0 Å². The predicted molar refractivity (Wildman–Crippen MR) is 127 cm³/mol. The van der Waals surface area contributed by atoms with Gasteiger partial charge in [0, 0.05) is 19.3 Å². The molecule has 0 saturated carbocycles. The van der Waals surface area contributed by atoms with Gasteiger partial charge in [-0.25, -0.2) is 4.98 Å². The molecule has 1 saturated heterocycles. The molecule has 2 N–H and O–H groups in total. The summed E-state index contributed by atoms with van der Waals surface area (Å²) in [6.07, 6.45) is 5.12. The standard InChI is InChI=1S/C21H26N4O4S2/c1-3-4-8-24-20(28)16(31-21(24)30)12-15-18(22-7-10-29-11-9-26)23-17-6-5-14(2)13-25(17)19(15)27/h5-6,12-13,22,26H,3-4,7-11H2,1-2H3/b16-12+. The number of anilines is 1. The third-order valence-electron chi connectivity index (χ3n) is 4.66. The maximum atomic E-state index is 13.3. The SMILES string of the molecule is CCCCN1C(=O)/C(=C\c2c(NCCOCCO)nc3ccc(C)cn3c2=O)SC1=S. The normalized spacial score (nSPS) is 15.5. The third-order valence-corrected chi connectivity index (χ3v) is 6.04. The number of carbonyl (C=O) groups is 1. The summed E-state index contributed by atoms with van der Waals surface area (Å²) in [7, 11) is 0. The first-order valence-corrected chi connectivity index (χ1v) is 11.4. The highest BCUT2D eigenvalue weighted by molar-refractivity contribution is 8.26. The van der Waals surface area contributed by atoms with Crippen molar-refractivity contribution in [3.05, 3.63) is 44.7 Å². The van der Waals surface area contributed by atoms with Gasteiger partial charge in [-0.3, -0.25) is 18.9 Å². The molecule has 0 spiro atoms. The molecule has 2 aromatic rings. The molecule has 8 nitrogen and oxygen atoms in total. The predicted octanol–water partition coefficient (Wildman–Crippen LogP) is 2.43. The van der Waals surface area contributed by atoms with E-state index in [0.717, 1.165) is 18.4 Å². The fourth-order valence-corrected chi connectivity index (χ4v) is 4.36. The summed E-state index contributed by atoms with van der Waals surface area (Å²) in [6.45, 7) is 5.44. The second-order valence-electron chi connectivity index (χ2n) is 7.06. The zero-order valence-electron chi connectivity index (χ0n) is 17.6. The van der Waals surface area contributed by atoms with E-state index >= 15 is 0 Å². The molecule has 1 amide bonds. The van der Waals surface area contributed by atoms with Gasteiger partial charge in [0.25, 0.3) is 11.5 Å². The first-order valence-electron chi connectivity index (χ1n) is 10.2. The molecule has 1 fully saturated rings. The molecule has 2 aromatic heterocycles. The molecule has 1 aliphatic rings. The molecule has 0 unspecified atom stereocenters. The maximum absolute atomic E-state index is 13.3. The lowest BCUT2D eigenvalue weighted by atomic mass is 10.2. The van der Waals surface area contributed by atoms with E-state index in [0.29, 0.717) is 46.0 Å². The summed E-state index contributed by atoms with van der Waals surface area (Å²) in [4.78, 5) is 32.7. The van der Waals surface area contributed by atoms with Crippen LogP contribution >= 0.6 is 24.0 Å². The number of nitrogens with zero attached hydrogens (tertiary/aromatic N) is 3. The number of hydrogen-bond acceptors (Lipinski definition) is 8. The van der Waals surface area contributed by atoms with Crippen LogP contribution in [0.4, 0.5) is 5.82 Å². The fourth-order valence-electron chi connectivity index (χ4n) is 3.07. The number of aliphatic hydroxyl groups is 1. The van der Waals surface area contributed by atoms with Gasteiger partial charge in [0.1, 0.15) is 15.8 Å². The summed E-state index contributed by atoms with van der Waals surface area (Å²) < 4.78 is 7.25. The highest BCUT2D eigenvalue weighted by Crippen LogP contribution is 2.33. The van der Waals surface area contributed by atoms with Crippen LogP contribution in [0.2, 0.25) is 0 Å². The second-order valence-corrected chi connectivity index (χ2v) is 8.74. The number of rotatable bonds is 10. The van der Waals surface area contributed by atoms with Gasteiger partial charge in [-0.05, 0) is 31.1 Å². The van der Waals surface area contributed by atoms with Crippen LogP contribution in [0.1, 0.15) is 30.9 Å². The van der Waals surface area contributed by atoms with Gasteiger partial charge in [-0.1, -0.05) is 43.4 Å². The van der Waals surface area contributed by atoms with Crippen molar-refractivity contribution in [2.75, 3.05) is 38.2 Å². The van der Waals surface area contributed by atoms with Gasteiger partial charge < -0.3 is 15.2 Å². The number of amides is 1. The van der Waals surface area contributed by atoms with E-state index in [1.54, 1.807) is 23.2 Å². The number of thiocarbonyl (C=S) groups is 1. The quantitative estimate of drug-likeness (QED) is 0.316. The van der Waals surface area contributed by atoms with Crippen molar-refractivity contribution in [3.63, 3.8) is 0 Å². The first-order chi connectivity index (χ1) is 15.0. The lowest BCUT2D eigenvalue weighted by Gasteiger charge is -2.13. The molecule has 3 heterocycles. The Kier molecular flexibility index (Phi) is 8.19. The minimum Gasteiger partial charge on any atom is -0.394 e. The first kappa shape index (κ1) is 23.4. The number of nitrogens with one attached hydrogen (secondary N) is 1. The Bertz CT molecular complexity index is 1070. The summed E-state index contributed by atoms with van der Waals surface area (Å²) in [6, 6.07) is 3.66. The molecule has 10 heteroatoms. The largest absolute Gasteiger partial charge is 0.394 e. The molecule has 0 aromatic carbocycles. The average molecular weight is 463 g/mol. The topological polar surface area (TPSA) is 96.2 Å². The van der Waals surface area contributed by atoms with Crippen molar-refractivity contribution < 1.29 is 14.6 Å². The van der Waals surface area contributed by atoms with Crippen LogP contribution in [0.5, 0.6) is 0 Å². The summed E-state index contributed by atoms with van der Waals surface area (Å²) in [5, 5.41) is 11.9. The van der Waals surface area contributed by atoms with Crippen LogP contribution in [0.3, 0.4) is 0 Å². The number of ether oxygens (including phenoxy) is 1. The Morgan fingerprint density at radius 3 is 2.87 bits per heavy atom. The van der Waals surface area contributed by atoms with E-state index < -0.39 is 0 Å². The van der Waals surface area contributed by atoms with Crippen LogP contribution in [0, 0.1) is 6.92 Å². The van der Waals surface area contributed by atoms with E-state index in [2.05, 4.69) is 17.2 Å². The Hall–Kier alpha value is -2.27. The smallest absolute Gasteiger partial charge is 0.267 e. The molecular formula is C21H26N4O4S2. The van der Waals surface area contributed by atoms with Gasteiger partial charge in [0.2, 0.25) is 0 Å². The summed E-state index contributed by atoms with van der Waals surface area (Å²) in [5.41, 5.74) is 1.45. The second kappa shape index (κ2) is 10.9. The van der Waals surface area contributed by atoms with Crippen LogP contribution in [-0.2, 0) is 9.53 Å². The van der Waals surface area contributed by atoms with Crippen molar-refractivity contribution in [3.8, 4) is 0 Å². The maximum Gasteiger partial charge on any atom is 0.267 e. The highest BCUT2D eigenvalue weighted by Gasteiger charge is 2.32. The fraction of sp³-hybridized carbons (Fsp3) is 0.429. The van der Waals surface area contributed by atoms with Crippen molar-refractivity contribution in [2.45, 2.75) is 26.7 Å². The van der Waals surface area contributed by atoms with Crippen molar-refractivity contribution >= 4 is 51.7 Å². The number of hydrogen-bond donors (Lipinski definition) is 2. The number of aromatic nitrogens is 2. The number of fused-ring (bicyclic) bond motifs is 1. The monoisotopic (exact) mass is 462 g/mol. The zero-order chi connectivity index (χ0) is 22.4. The minimum absolute atomic E-state index is 0.0555. The van der Waals surface area contributed by atoms with Crippen LogP contribution in [0.15, 0.2) is 28.0 Å². The molecule has 0 radical (unpaired) electrons. The molecule has 0 aliphatic carbocycles. The van der Waals surface area contributed by atoms with E-state index in [1.807, 2.05) is 13.0 Å². The van der Waals surface area contributed by atoms with Gasteiger partial charge in [-0.15, -0.1) is 0 Å². The molecular weight excluding hydrogens is 436 g/mol. The van der Waals surface area contributed by atoms with Crippen LogP contribution < -0.4 is 10.9 Å². The van der Waals surface area contributed by atoms with Crippen molar-refractivity contribution in [1.29, 1.82) is 0 Å². The lowest BCUT2D eigenvalue weighted by Crippen LogP contribution is -2.29. The van der Waals surface area contributed by atoms with Crippen molar-refractivity contribution in [1.82, 2.24) is 14.3 Å². The number of unbranched alkanes of at least 4 members (excludes halogenated alkanes) is 1. The van der Waals surface area contributed by atoms with Gasteiger partial charge in [-0.2, -0.15) is 0 Å². The molecule has 3 rings (SSSR count). The minimum atomic E-state index is -0.272. The van der Waals surface area contributed by atoms with E-state index in [9.17, 15) is 9.59 Å². The average Bonchev–Trinajstić information content (AvgIpc) is 3.02. The number of aliphatic hydroxyl groups excluding tert-OH is 1.